The van der Waals surface area contributed by atoms with E-state index in [9.17, 15) is 4.79 Å². The standard InChI is InChI=1S/C23H28N4O2/c1-3-4-10-15-24-23(28)29-17-16-27-22(20-14-9-8-11-18(20)2)21(25-26-27)19-12-6-5-7-13-19/h5-9,11-14H,3-4,10,15-17H2,1-2H3,(H,24,28). The van der Waals surface area contributed by atoms with Gasteiger partial charge in [-0.3, -0.25) is 0 Å². The number of carbonyl (C=O) groups is 1. The van der Waals surface area contributed by atoms with Gasteiger partial charge in [-0.2, -0.15) is 0 Å². The lowest BCUT2D eigenvalue weighted by molar-refractivity contribution is 0.140. The van der Waals surface area contributed by atoms with Gasteiger partial charge in [-0.15, -0.1) is 5.10 Å². The molecule has 0 aliphatic rings. The third-order valence-electron chi connectivity index (χ3n) is 4.77. The second-order valence-corrected chi connectivity index (χ2v) is 6.96. The van der Waals surface area contributed by atoms with Gasteiger partial charge in [0.25, 0.3) is 0 Å². The molecule has 0 saturated heterocycles. The quantitative estimate of drug-likeness (QED) is 0.529. The highest BCUT2D eigenvalue weighted by Gasteiger charge is 2.18. The maximum atomic E-state index is 11.9. The van der Waals surface area contributed by atoms with Crippen LogP contribution >= 0.6 is 0 Å². The Morgan fingerprint density at radius 2 is 1.83 bits per heavy atom. The van der Waals surface area contributed by atoms with E-state index in [0.717, 1.165) is 47.3 Å². The van der Waals surface area contributed by atoms with Crippen molar-refractivity contribution in [1.82, 2.24) is 20.3 Å². The Morgan fingerprint density at radius 1 is 1.07 bits per heavy atom. The lowest BCUT2D eigenvalue weighted by atomic mass is 10.0. The Balaban J connectivity index is 1.75. The number of rotatable bonds is 9. The van der Waals surface area contributed by atoms with Crippen LogP contribution in [0.5, 0.6) is 0 Å². The molecule has 6 heteroatoms. The summed E-state index contributed by atoms with van der Waals surface area (Å²) in [6.45, 7) is 5.51. The van der Waals surface area contributed by atoms with Gasteiger partial charge in [0.05, 0.1) is 12.2 Å². The molecule has 3 aromatic rings. The van der Waals surface area contributed by atoms with Crippen LogP contribution < -0.4 is 5.32 Å². The molecule has 0 bridgehead atoms. The summed E-state index contributed by atoms with van der Waals surface area (Å²) < 4.78 is 7.14. The first-order valence-electron chi connectivity index (χ1n) is 10.2. The predicted molar refractivity (Wildman–Crippen MR) is 115 cm³/mol. The Kier molecular flexibility index (Phi) is 7.39. The van der Waals surface area contributed by atoms with Crippen molar-refractivity contribution in [3.63, 3.8) is 0 Å². The summed E-state index contributed by atoms with van der Waals surface area (Å²) >= 11 is 0. The summed E-state index contributed by atoms with van der Waals surface area (Å²) in [5.41, 5.74) is 4.97. The Labute approximate surface area is 171 Å². The zero-order valence-electron chi connectivity index (χ0n) is 17.1. The first kappa shape index (κ1) is 20.6. The number of nitrogens with one attached hydrogen (secondary N) is 1. The molecule has 0 aliphatic carbocycles. The normalized spacial score (nSPS) is 10.7. The summed E-state index contributed by atoms with van der Waals surface area (Å²) in [4.78, 5) is 11.9. The van der Waals surface area contributed by atoms with Crippen molar-refractivity contribution in [3.05, 3.63) is 60.2 Å². The van der Waals surface area contributed by atoms with Gasteiger partial charge in [-0.05, 0) is 18.9 Å². The number of amides is 1. The highest BCUT2D eigenvalue weighted by molar-refractivity contribution is 5.79. The number of ether oxygens (including phenoxy) is 1. The average molecular weight is 393 g/mol. The van der Waals surface area contributed by atoms with E-state index >= 15 is 0 Å². The first-order valence-corrected chi connectivity index (χ1v) is 10.2. The number of hydrogen-bond acceptors (Lipinski definition) is 4. The molecule has 6 nitrogen and oxygen atoms in total. The van der Waals surface area contributed by atoms with Crippen molar-refractivity contribution < 1.29 is 9.53 Å². The van der Waals surface area contributed by atoms with Crippen LogP contribution in [0, 0.1) is 6.92 Å². The monoisotopic (exact) mass is 392 g/mol. The Hall–Kier alpha value is -3.15. The fourth-order valence-electron chi connectivity index (χ4n) is 3.21. The molecule has 1 aromatic heterocycles. The molecule has 1 amide bonds. The topological polar surface area (TPSA) is 69.0 Å². The molecule has 1 heterocycles. The van der Waals surface area contributed by atoms with E-state index in [-0.39, 0.29) is 12.7 Å². The highest BCUT2D eigenvalue weighted by Crippen LogP contribution is 2.32. The summed E-state index contributed by atoms with van der Waals surface area (Å²) in [6.07, 6.45) is 2.80. The molecule has 0 spiro atoms. The third-order valence-corrected chi connectivity index (χ3v) is 4.77. The number of nitrogens with zero attached hydrogens (tertiary/aromatic N) is 3. The number of benzene rings is 2. The summed E-state index contributed by atoms with van der Waals surface area (Å²) in [5.74, 6) is 0. The van der Waals surface area contributed by atoms with Crippen molar-refractivity contribution >= 4 is 6.09 Å². The first-order chi connectivity index (χ1) is 14.2. The Morgan fingerprint density at radius 3 is 2.59 bits per heavy atom. The van der Waals surface area contributed by atoms with E-state index in [1.54, 1.807) is 0 Å². The summed E-state index contributed by atoms with van der Waals surface area (Å²) in [7, 11) is 0. The minimum absolute atomic E-state index is 0.232. The maximum absolute atomic E-state index is 11.9. The van der Waals surface area contributed by atoms with Crippen molar-refractivity contribution in [3.8, 4) is 22.5 Å². The molecule has 0 aliphatic heterocycles. The van der Waals surface area contributed by atoms with Gasteiger partial charge in [0.1, 0.15) is 12.3 Å². The molecule has 1 N–H and O–H groups in total. The number of alkyl carbamates (subject to hydrolysis) is 1. The third kappa shape index (κ3) is 5.44. The van der Waals surface area contributed by atoms with Gasteiger partial charge in [0, 0.05) is 17.7 Å². The minimum atomic E-state index is -0.387. The van der Waals surface area contributed by atoms with E-state index in [0.29, 0.717) is 13.1 Å². The molecule has 29 heavy (non-hydrogen) atoms. The molecule has 0 radical (unpaired) electrons. The maximum Gasteiger partial charge on any atom is 0.407 e. The predicted octanol–water partition coefficient (Wildman–Crippen LogP) is 4.84. The highest BCUT2D eigenvalue weighted by atomic mass is 16.5. The van der Waals surface area contributed by atoms with Crippen molar-refractivity contribution in [2.24, 2.45) is 0 Å². The average Bonchev–Trinajstić information content (AvgIpc) is 3.16. The molecule has 0 fully saturated rings. The van der Waals surface area contributed by atoms with Gasteiger partial charge in [-0.1, -0.05) is 79.6 Å². The van der Waals surface area contributed by atoms with E-state index in [4.69, 9.17) is 4.74 Å². The summed E-state index contributed by atoms with van der Waals surface area (Å²) in [6, 6.07) is 18.2. The molecule has 0 unspecified atom stereocenters. The number of aryl methyl sites for hydroxylation is 1. The van der Waals surface area contributed by atoms with E-state index in [1.165, 1.54) is 0 Å². The van der Waals surface area contributed by atoms with E-state index in [1.807, 2.05) is 47.1 Å². The largest absolute Gasteiger partial charge is 0.448 e. The van der Waals surface area contributed by atoms with Crippen LogP contribution in [0.15, 0.2) is 54.6 Å². The van der Waals surface area contributed by atoms with E-state index < -0.39 is 0 Å². The van der Waals surface area contributed by atoms with Crippen LogP contribution in [-0.2, 0) is 11.3 Å². The lowest BCUT2D eigenvalue weighted by Crippen LogP contribution is -2.26. The van der Waals surface area contributed by atoms with Crippen LogP contribution in [0.2, 0.25) is 0 Å². The van der Waals surface area contributed by atoms with Gasteiger partial charge >= 0.3 is 6.09 Å². The van der Waals surface area contributed by atoms with Crippen LogP contribution in [0.25, 0.3) is 22.5 Å². The molecule has 0 atom stereocenters. The van der Waals surface area contributed by atoms with Gasteiger partial charge < -0.3 is 10.1 Å². The fraction of sp³-hybridized carbons (Fsp3) is 0.348. The van der Waals surface area contributed by atoms with Crippen molar-refractivity contribution in [1.29, 1.82) is 0 Å². The lowest BCUT2D eigenvalue weighted by Gasteiger charge is -2.12. The molecule has 0 saturated carbocycles. The van der Waals surface area contributed by atoms with Gasteiger partial charge in [-0.25, -0.2) is 9.48 Å². The van der Waals surface area contributed by atoms with E-state index in [2.05, 4.69) is 41.6 Å². The van der Waals surface area contributed by atoms with Crippen molar-refractivity contribution in [2.75, 3.05) is 13.2 Å². The number of hydrogen-bond donors (Lipinski definition) is 1. The Bertz CT molecular complexity index is 922. The molecule has 2 aromatic carbocycles. The minimum Gasteiger partial charge on any atom is -0.448 e. The van der Waals surface area contributed by atoms with Crippen LogP contribution in [0.3, 0.4) is 0 Å². The molecule has 3 rings (SSSR count). The van der Waals surface area contributed by atoms with Crippen molar-refractivity contribution in [2.45, 2.75) is 39.7 Å². The zero-order chi connectivity index (χ0) is 20.5. The molecular weight excluding hydrogens is 364 g/mol. The zero-order valence-corrected chi connectivity index (χ0v) is 17.1. The second kappa shape index (κ2) is 10.4. The van der Waals surface area contributed by atoms with Crippen LogP contribution in [0.4, 0.5) is 4.79 Å². The van der Waals surface area contributed by atoms with Crippen LogP contribution in [-0.4, -0.2) is 34.2 Å². The van der Waals surface area contributed by atoms with Gasteiger partial charge in [0.2, 0.25) is 0 Å². The number of aromatic nitrogens is 3. The molecule has 152 valence electrons. The fourth-order valence-corrected chi connectivity index (χ4v) is 3.21. The summed E-state index contributed by atoms with van der Waals surface area (Å²) in [5, 5.41) is 11.6. The molecular formula is C23H28N4O2. The van der Waals surface area contributed by atoms with Crippen LogP contribution in [0.1, 0.15) is 31.7 Å². The second-order valence-electron chi connectivity index (χ2n) is 6.96. The van der Waals surface area contributed by atoms with Gasteiger partial charge in [0.15, 0.2) is 0 Å². The smallest absolute Gasteiger partial charge is 0.407 e. The number of carbonyl (C=O) groups excluding carboxylic acids is 1. The number of unbranched alkanes of at least 4 members (excludes halogenated alkanes) is 2. The SMILES string of the molecule is CCCCCNC(=O)OCCn1nnc(-c2ccccc2)c1-c1ccccc1C.